The second kappa shape index (κ2) is 7.87. The number of hydrogen-bond donors (Lipinski definition) is 3. The molecule has 1 unspecified atom stereocenters. The highest BCUT2D eigenvalue weighted by Gasteiger charge is 2.08. The van der Waals surface area contributed by atoms with Gasteiger partial charge in [0.15, 0.2) is 5.96 Å². The molecule has 0 bridgehead atoms. The number of aryl methyl sites for hydroxylation is 1. The summed E-state index contributed by atoms with van der Waals surface area (Å²) < 4.78 is 0. The van der Waals surface area contributed by atoms with Crippen molar-refractivity contribution >= 4 is 16.9 Å². The van der Waals surface area contributed by atoms with E-state index in [9.17, 15) is 0 Å². The van der Waals surface area contributed by atoms with Gasteiger partial charge in [-0.05, 0) is 37.3 Å². The topological polar surface area (TPSA) is 52.2 Å². The molecule has 0 aliphatic heterocycles. The lowest BCUT2D eigenvalue weighted by Gasteiger charge is -2.20. The summed E-state index contributed by atoms with van der Waals surface area (Å²) in [6, 6.07) is 8.88. The van der Waals surface area contributed by atoms with Gasteiger partial charge in [0, 0.05) is 36.7 Å². The lowest BCUT2D eigenvalue weighted by Crippen LogP contribution is -2.44. The minimum atomic E-state index is 0.416. The Labute approximate surface area is 133 Å². The van der Waals surface area contributed by atoms with Crippen LogP contribution in [0.15, 0.2) is 35.5 Å². The predicted octanol–water partition coefficient (Wildman–Crippen LogP) is 3.31. The van der Waals surface area contributed by atoms with E-state index in [1.807, 2.05) is 7.05 Å². The van der Waals surface area contributed by atoms with Crippen molar-refractivity contribution in [2.75, 3.05) is 13.6 Å². The van der Waals surface area contributed by atoms with Gasteiger partial charge < -0.3 is 15.6 Å². The highest BCUT2D eigenvalue weighted by molar-refractivity contribution is 5.83. The largest absolute Gasteiger partial charge is 0.361 e. The molecular formula is C18H28N4. The molecule has 3 N–H and O–H groups in total. The fraction of sp³-hybridized carbons (Fsp3) is 0.500. The number of benzene rings is 1. The number of nitrogens with zero attached hydrogens (tertiary/aromatic N) is 1. The molecule has 0 radical (unpaired) electrons. The van der Waals surface area contributed by atoms with Gasteiger partial charge in [0.05, 0.1) is 0 Å². The number of aromatic amines is 1. The highest BCUT2D eigenvalue weighted by Crippen LogP contribution is 2.18. The number of guanidine groups is 1. The van der Waals surface area contributed by atoms with Crippen LogP contribution < -0.4 is 10.6 Å². The molecule has 1 aromatic heterocycles. The summed E-state index contributed by atoms with van der Waals surface area (Å²) in [5.41, 5.74) is 2.60. The Morgan fingerprint density at radius 2 is 2.00 bits per heavy atom. The van der Waals surface area contributed by atoms with Crippen LogP contribution in [0.5, 0.6) is 0 Å². The maximum absolute atomic E-state index is 4.28. The van der Waals surface area contributed by atoms with Crippen LogP contribution in [0.4, 0.5) is 0 Å². The number of aromatic nitrogens is 1. The van der Waals surface area contributed by atoms with Gasteiger partial charge in [0.1, 0.15) is 0 Å². The monoisotopic (exact) mass is 300 g/mol. The maximum atomic E-state index is 4.28. The molecule has 2 aromatic rings. The number of rotatable bonds is 6. The molecule has 0 fully saturated rings. The number of para-hydroxylation sites is 1. The van der Waals surface area contributed by atoms with Crippen LogP contribution in [-0.4, -0.2) is 30.6 Å². The van der Waals surface area contributed by atoms with Gasteiger partial charge in [-0.15, -0.1) is 0 Å². The van der Waals surface area contributed by atoms with Gasteiger partial charge in [-0.3, -0.25) is 4.99 Å². The van der Waals surface area contributed by atoms with Crippen LogP contribution in [-0.2, 0) is 6.42 Å². The Morgan fingerprint density at radius 3 is 2.73 bits per heavy atom. The van der Waals surface area contributed by atoms with Crippen LogP contribution in [0, 0.1) is 5.92 Å². The van der Waals surface area contributed by atoms with E-state index < -0.39 is 0 Å². The minimum absolute atomic E-state index is 0.416. The average molecular weight is 300 g/mol. The molecule has 1 heterocycles. The number of aliphatic imine (C=N–C) groups is 1. The van der Waals surface area contributed by atoms with Crippen LogP contribution in [0.1, 0.15) is 32.8 Å². The van der Waals surface area contributed by atoms with E-state index in [1.54, 1.807) is 0 Å². The van der Waals surface area contributed by atoms with Gasteiger partial charge >= 0.3 is 0 Å². The molecule has 22 heavy (non-hydrogen) atoms. The summed E-state index contributed by atoms with van der Waals surface area (Å²) in [6.45, 7) is 7.53. The second-order valence-electron chi connectivity index (χ2n) is 6.14. The molecule has 1 atom stereocenters. The quantitative estimate of drug-likeness (QED) is 0.435. The van der Waals surface area contributed by atoms with E-state index in [-0.39, 0.29) is 0 Å². The van der Waals surface area contributed by atoms with Crippen molar-refractivity contribution in [2.24, 2.45) is 10.9 Å². The standard InChI is InChI=1S/C18H28N4/c1-13(2)14(3)22-18(19-4)20-11-7-8-15-12-21-17-10-6-5-9-16(15)17/h5-6,9-10,12-14,21H,7-8,11H2,1-4H3,(H2,19,20,22). The molecule has 4 nitrogen and oxygen atoms in total. The molecule has 0 amide bonds. The molecule has 120 valence electrons. The Bertz CT molecular complexity index is 612. The first kappa shape index (κ1) is 16.4. The zero-order valence-corrected chi connectivity index (χ0v) is 14.1. The summed E-state index contributed by atoms with van der Waals surface area (Å²) in [7, 11) is 1.82. The zero-order chi connectivity index (χ0) is 15.9. The predicted molar refractivity (Wildman–Crippen MR) is 95.4 cm³/mol. The van der Waals surface area contributed by atoms with Crippen molar-refractivity contribution in [3.05, 3.63) is 36.0 Å². The molecule has 0 aliphatic carbocycles. The van der Waals surface area contributed by atoms with Gasteiger partial charge in [-0.1, -0.05) is 32.0 Å². The van der Waals surface area contributed by atoms with E-state index in [2.05, 4.69) is 71.8 Å². The zero-order valence-electron chi connectivity index (χ0n) is 14.1. The summed E-state index contributed by atoms with van der Waals surface area (Å²) in [4.78, 5) is 7.61. The lowest BCUT2D eigenvalue weighted by molar-refractivity contribution is 0.480. The van der Waals surface area contributed by atoms with Crippen molar-refractivity contribution in [1.29, 1.82) is 0 Å². The minimum Gasteiger partial charge on any atom is -0.361 e. The maximum Gasteiger partial charge on any atom is 0.191 e. The van der Waals surface area contributed by atoms with Gasteiger partial charge in [-0.2, -0.15) is 0 Å². The summed E-state index contributed by atoms with van der Waals surface area (Å²) in [5.74, 6) is 1.48. The Kier molecular flexibility index (Phi) is 5.87. The number of H-pyrrole nitrogens is 1. The van der Waals surface area contributed by atoms with Crippen molar-refractivity contribution < 1.29 is 0 Å². The normalized spacial score (nSPS) is 13.6. The SMILES string of the molecule is CN=C(NCCCc1c[nH]c2ccccc12)NC(C)C(C)C. The molecule has 4 heteroatoms. The molecule has 2 rings (SSSR count). The number of nitrogens with one attached hydrogen (secondary N) is 3. The van der Waals surface area contributed by atoms with Crippen molar-refractivity contribution in [1.82, 2.24) is 15.6 Å². The first-order chi connectivity index (χ1) is 10.6. The van der Waals surface area contributed by atoms with Crippen molar-refractivity contribution in [2.45, 2.75) is 39.7 Å². The highest BCUT2D eigenvalue weighted by atomic mass is 15.2. The first-order valence-electron chi connectivity index (χ1n) is 8.14. The van der Waals surface area contributed by atoms with Crippen LogP contribution in [0.2, 0.25) is 0 Å². The molecule has 1 aromatic carbocycles. The third-order valence-corrected chi connectivity index (χ3v) is 4.18. The van der Waals surface area contributed by atoms with Crippen LogP contribution in [0.25, 0.3) is 10.9 Å². The lowest BCUT2D eigenvalue weighted by atomic mass is 10.1. The summed E-state index contributed by atoms with van der Waals surface area (Å²) in [5, 5.41) is 8.15. The van der Waals surface area contributed by atoms with E-state index in [0.717, 1.165) is 25.3 Å². The third-order valence-electron chi connectivity index (χ3n) is 4.18. The van der Waals surface area contributed by atoms with Gasteiger partial charge in [-0.25, -0.2) is 0 Å². The third kappa shape index (κ3) is 4.26. The molecule has 0 saturated heterocycles. The number of fused-ring (bicyclic) bond motifs is 1. The van der Waals surface area contributed by atoms with Gasteiger partial charge in [0.25, 0.3) is 0 Å². The molecular weight excluding hydrogens is 272 g/mol. The Hall–Kier alpha value is -1.97. The fourth-order valence-electron chi connectivity index (χ4n) is 2.40. The average Bonchev–Trinajstić information content (AvgIpc) is 2.93. The fourth-order valence-corrected chi connectivity index (χ4v) is 2.40. The van der Waals surface area contributed by atoms with E-state index in [1.165, 1.54) is 16.5 Å². The molecule has 0 aliphatic rings. The second-order valence-corrected chi connectivity index (χ2v) is 6.14. The smallest absolute Gasteiger partial charge is 0.191 e. The van der Waals surface area contributed by atoms with Gasteiger partial charge in [0.2, 0.25) is 0 Å². The van der Waals surface area contributed by atoms with E-state index in [4.69, 9.17) is 0 Å². The van der Waals surface area contributed by atoms with E-state index in [0.29, 0.717) is 12.0 Å². The van der Waals surface area contributed by atoms with Crippen molar-refractivity contribution in [3.8, 4) is 0 Å². The van der Waals surface area contributed by atoms with E-state index >= 15 is 0 Å². The Balaban J connectivity index is 1.79. The summed E-state index contributed by atoms with van der Waals surface area (Å²) >= 11 is 0. The molecule has 0 saturated carbocycles. The summed E-state index contributed by atoms with van der Waals surface area (Å²) in [6.07, 6.45) is 4.27. The van der Waals surface area contributed by atoms with Crippen LogP contribution >= 0.6 is 0 Å². The first-order valence-corrected chi connectivity index (χ1v) is 8.14. The Morgan fingerprint density at radius 1 is 1.23 bits per heavy atom. The molecule has 0 spiro atoms. The van der Waals surface area contributed by atoms with Crippen LogP contribution in [0.3, 0.4) is 0 Å². The van der Waals surface area contributed by atoms with Crippen molar-refractivity contribution in [3.63, 3.8) is 0 Å². The number of hydrogen-bond acceptors (Lipinski definition) is 1.